The van der Waals surface area contributed by atoms with Crippen molar-refractivity contribution in [3.05, 3.63) is 33.8 Å². The maximum atomic E-state index is 11.1. The van der Waals surface area contributed by atoms with Crippen LogP contribution in [0.2, 0.25) is 10.0 Å². The first-order valence-corrected chi connectivity index (χ1v) is 7.10. The van der Waals surface area contributed by atoms with Crippen molar-refractivity contribution in [1.82, 2.24) is 4.90 Å². The van der Waals surface area contributed by atoms with Crippen molar-refractivity contribution in [2.45, 2.75) is 19.9 Å². The standard InChI is InChI=1S/C14H17Cl2NO2/c1-9-4-11(14(18)19)8-17(6-9)7-10-2-3-12(15)5-13(10)16/h2-3,5,9,11H,4,6-8H2,1H3,(H,18,19). The molecule has 2 unspecified atom stereocenters. The van der Waals surface area contributed by atoms with Crippen LogP contribution in [-0.2, 0) is 11.3 Å². The van der Waals surface area contributed by atoms with Gasteiger partial charge in [-0.2, -0.15) is 0 Å². The van der Waals surface area contributed by atoms with Crippen molar-refractivity contribution < 1.29 is 9.90 Å². The van der Waals surface area contributed by atoms with Crippen molar-refractivity contribution in [2.24, 2.45) is 11.8 Å². The molecule has 1 aliphatic heterocycles. The number of carboxylic acid groups (broad SMARTS) is 1. The van der Waals surface area contributed by atoms with E-state index >= 15 is 0 Å². The van der Waals surface area contributed by atoms with E-state index in [-0.39, 0.29) is 5.92 Å². The predicted molar refractivity (Wildman–Crippen MR) is 76.6 cm³/mol. The van der Waals surface area contributed by atoms with E-state index in [0.29, 0.717) is 29.1 Å². The maximum absolute atomic E-state index is 11.1. The van der Waals surface area contributed by atoms with E-state index in [2.05, 4.69) is 11.8 Å². The molecule has 2 atom stereocenters. The van der Waals surface area contributed by atoms with Crippen LogP contribution in [0.25, 0.3) is 0 Å². The summed E-state index contributed by atoms with van der Waals surface area (Å²) in [6, 6.07) is 5.44. The van der Waals surface area contributed by atoms with Gasteiger partial charge in [-0.25, -0.2) is 0 Å². The fourth-order valence-corrected chi connectivity index (χ4v) is 3.13. The van der Waals surface area contributed by atoms with Crippen LogP contribution in [-0.4, -0.2) is 29.1 Å². The Labute approximate surface area is 123 Å². The lowest BCUT2D eigenvalue weighted by atomic mass is 9.90. The number of piperidine rings is 1. The summed E-state index contributed by atoms with van der Waals surface area (Å²) in [5.41, 5.74) is 0.990. The molecule has 1 heterocycles. The van der Waals surface area contributed by atoms with E-state index in [1.807, 2.05) is 12.1 Å². The molecule has 104 valence electrons. The van der Waals surface area contributed by atoms with Gasteiger partial charge in [0, 0.05) is 29.7 Å². The minimum Gasteiger partial charge on any atom is -0.481 e. The third kappa shape index (κ3) is 3.85. The highest BCUT2D eigenvalue weighted by Gasteiger charge is 2.29. The van der Waals surface area contributed by atoms with Gasteiger partial charge in [0.2, 0.25) is 0 Å². The number of aliphatic carboxylic acids is 1. The SMILES string of the molecule is CC1CC(C(=O)O)CN(Cc2ccc(Cl)cc2Cl)C1. The van der Waals surface area contributed by atoms with Crippen molar-refractivity contribution in [1.29, 1.82) is 0 Å². The number of likely N-dealkylation sites (tertiary alicyclic amines) is 1. The number of carboxylic acids is 1. The van der Waals surface area contributed by atoms with Gasteiger partial charge in [0.05, 0.1) is 5.92 Å². The Balaban J connectivity index is 2.07. The highest BCUT2D eigenvalue weighted by Crippen LogP contribution is 2.26. The number of carbonyl (C=O) groups is 1. The molecular formula is C14H17Cl2NO2. The molecule has 1 aliphatic rings. The molecule has 1 aromatic carbocycles. The number of nitrogens with zero attached hydrogens (tertiary/aromatic N) is 1. The fraction of sp³-hybridized carbons (Fsp3) is 0.500. The van der Waals surface area contributed by atoms with Gasteiger partial charge in [-0.05, 0) is 30.0 Å². The second-order valence-electron chi connectivity index (χ2n) is 5.31. The minimum absolute atomic E-state index is 0.283. The molecular weight excluding hydrogens is 285 g/mol. The zero-order valence-corrected chi connectivity index (χ0v) is 12.3. The van der Waals surface area contributed by atoms with Crippen LogP contribution in [0.4, 0.5) is 0 Å². The minimum atomic E-state index is -0.709. The number of halogens is 2. The summed E-state index contributed by atoms with van der Waals surface area (Å²) in [6.45, 7) is 4.25. The van der Waals surface area contributed by atoms with Crippen LogP contribution in [0.1, 0.15) is 18.9 Å². The van der Waals surface area contributed by atoms with E-state index < -0.39 is 5.97 Å². The largest absolute Gasteiger partial charge is 0.481 e. The summed E-state index contributed by atoms with van der Waals surface area (Å²) in [5, 5.41) is 10.4. The molecule has 2 rings (SSSR count). The van der Waals surface area contributed by atoms with Gasteiger partial charge in [0.1, 0.15) is 0 Å². The Morgan fingerprint density at radius 3 is 2.79 bits per heavy atom. The van der Waals surface area contributed by atoms with Crippen LogP contribution in [0.15, 0.2) is 18.2 Å². The van der Waals surface area contributed by atoms with Gasteiger partial charge >= 0.3 is 5.97 Å². The lowest BCUT2D eigenvalue weighted by molar-refractivity contribution is -0.144. The average Bonchev–Trinajstić information content (AvgIpc) is 2.32. The van der Waals surface area contributed by atoms with Gasteiger partial charge in [-0.3, -0.25) is 9.69 Å². The Morgan fingerprint density at radius 1 is 1.42 bits per heavy atom. The fourth-order valence-electron chi connectivity index (χ4n) is 2.66. The second-order valence-corrected chi connectivity index (χ2v) is 6.15. The first-order valence-electron chi connectivity index (χ1n) is 6.34. The zero-order valence-electron chi connectivity index (χ0n) is 10.8. The molecule has 0 amide bonds. The molecule has 3 nitrogen and oxygen atoms in total. The highest BCUT2D eigenvalue weighted by molar-refractivity contribution is 6.35. The Hall–Kier alpha value is -0.770. The van der Waals surface area contributed by atoms with Crippen LogP contribution in [0.3, 0.4) is 0 Å². The Kier molecular flexibility index (Phi) is 4.71. The molecule has 5 heteroatoms. The van der Waals surface area contributed by atoms with Gasteiger partial charge in [0.15, 0.2) is 0 Å². The smallest absolute Gasteiger partial charge is 0.307 e. The van der Waals surface area contributed by atoms with E-state index in [1.165, 1.54) is 0 Å². The summed E-state index contributed by atoms with van der Waals surface area (Å²) in [5.74, 6) is -0.602. The summed E-state index contributed by atoms with van der Waals surface area (Å²) in [4.78, 5) is 13.3. The third-order valence-corrected chi connectivity index (χ3v) is 4.08. The molecule has 0 aromatic heterocycles. The second kappa shape index (κ2) is 6.12. The summed E-state index contributed by atoms with van der Waals surface area (Å²) in [6.07, 6.45) is 0.750. The molecule has 0 radical (unpaired) electrons. The lowest BCUT2D eigenvalue weighted by Crippen LogP contribution is -2.42. The van der Waals surface area contributed by atoms with Gasteiger partial charge in [-0.1, -0.05) is 36.2 Å². The number of benzene rings is 1. The van der Waals surface area contributed by atoms with E-state index in [4.69, 9.17) is 28.3 Å². The summed E-state index contributed by atoms with van der Waals surface area (Å²) < 4.78 is 0. The van der Waals surface area contributed by atoms with Crippen molar-refractivity contribution in [3.63, 3.8) is 0 Å². The topological polar surface area (TPSA) is 40.5 Å². The number of hydrogen-bond acceptors (Lipinski definition) is 2. The summed E-state index contributed by atoms with van der Waals surface area (Å²) in [7, 11) is 0. The molecule has 1 aromatic rings. The zero-order chi connectivity index (χ0) is 14.0. The molecule has 19 heavy (non-hydrogen) atoms. The molecule has 0 saturated carbocycles. The van der Waals surface area contributed by atoms with E-state index in [0.717, 1.165) is 18.5 Å². The third-order valence-electron chi connectivity index (χ3n) is 3.49. The van der Waals surface area contributed by atoms with E-state index in [9.17, 15) is 4.79 Å². The van der Waals surface area contributed by atoms with Gasteiger partial charge in [0.25, 0.3) is 0 Å². The Bertz CT molecular complexity index is 479. The van der Waals surface area contributed by atoms with Crippen LogP contribution >= 0.6 is 23.2 Å². The van der Waals surface area contributed by atoms with Crippen LogP contribution in [0.5, 0.6) is 0 Å². The normalized spacial score (nSPS) is 24.4. The predicted octanol–water partition coefficient (Wildman–Crippen LogP) is 3.54. The van der Waals surface area contributed by atoms with Crippen molar-refractivity contribution in [2.75, 3.05) is 13.1 Å². The van der Waals surface area contributed by atoms with Crippen molar-refractivity contribution >= 4 is 29.2 Å². The van der Waals surface area contributed by atoms with Crippen LogP contribution in [0, 0.1) is 11.8 Å². The average molecular weight is 302 g/mol. The lowest BCUT2D eigenvalue weighted by Gasteiger charge is -2.34. The molecule has 1 saturated heterocycles. The summed E-state index contributed by atoms with van der Waals surface area (Å²) >= 11 is 12.0. The van der Waals surface area contributed by atoms with Gasteiger partial charge < -0.3 is 5.11 Å². The quantitative estimate of drug-likeness (QED) is 0.928. The molecule has 0 bridgehead atoms. The highest BCUT2D eigenvalue weighted by atomic mass is 35.5. The maximum Gasteiger partial charge on any atom is 0.307 e. The first kappa shape index (κ1) is 14.6. The molecule has 1 fully saturated rings. The molecule has 0 spiro atoms. The Morgan fingerprint density at radius 2 is 2.16 bits per heavy atom. The number of hydrogen-bond donors (Lipinski definition) is 1. The monoisotopic (exact) mass is 301 g/mol. The van der Waals surface area contributed by atoms with Crippen LogP contribution < -0.4 is 0 Å². The van der Waals surface area contributed by atoms with Gasteiger partial charge in [-0.15, -0.1) is 0 Å². The molecule has 0 aliphatic carbocycles. The molecule has 1 N–H and O–H groups in total. The van der Waals surface area contributed by atoms with Crippen molar-refractivity contribution in [3.8, 4) is 0 Å². The van der Waals surface area contributed by atoms with E-state index in [1.54, 1.807) is 6.07 Å². The first-order chi connectivity index (χ1) is 8.95. The number of rotatable bonds is 3.